The first-order valence-electron chi connectivity index (χ1n) is 5.77. The lowest BCUT2D eigenvalue weighted by atomic mass is 9.92. The summed E-state index contributed by atoms with van der Waals surface area (Å²) in [7, 11) is 0. The van der Waals surface area contributed by atoms with Crippen LogP contribution in [0.2, 0.25) is 0 Å². The quantitative estimate of drug-likeness (QED) is 0.753. The average molecular weight is 238 g/mol. The molecule has 1 aromatic rings. The van der Waals surface area contributed by atoms with Crippen molar-refractivity contribution in [2.24, 2.45) is 11.8 Å². The van der Waals surface area contributed by atoms with E-state index in [4.69, 9.17) is 0 Å². The van der Waals surface area contributed by atoms with E-state index in [0.717, 1.165) is 23.7 Å². The normalized spacial score (nSPS) is 25.8. The van der Waals surface area contributed by atoms with Gasteiger partial charge < -0.3 is 4.90 Å². The van der Waals surface area contributed by atoms with Crippen LogP contribution in [0.5, 0.6) is 0 Å². The van der Waals surface area contributed by atoms with Crippen molar-refractivity contribution in [1.82, 2.24) is 9.88 Å². The zero-order valence-electron chi connectivity index (χ0n) is 10.1. The summed E-state index contributed by atoms with van der Waals surface area (Å²) in [6.07, 6.45) is 1.23. The first kappa shape index (κ1) is 11.6. The minimum Gasteiger partial charge on any atom is -0.337 e. The van der Waals surface area contributed by atoms with Gasteiger partial charge in [-0.1, -0.05) is 13.8 Å². The number of carbonyl (C=O) groups is 1. The topological polar surface area (TPSA) is 33.2 Å². The largest absolute Gasteiger partial charge is 0.337 e. The number of amides is 1. The molecule has 4 heteroatoms. The van der Waals surface area contributed by atoms with Crippen molar-refractivity contribution >= 4 is 17.2 Å². The van der Waals surface area contributed by atoms with Crippen molar-refractivity contribution in [2.45, 2.75) is 27.2 Å². The maximum atomic E-state index is 12.3. The van der Waals surface area contributed by atoms with E-state index in [1.54, 1.807) is 5.51 Å². The van der Waals surface area contributed by atoms with E-state index in [2.05, 4.69) is 18.8 Å². The average Bonchev–Trinajstić information content (AvgIpc) is 2.62. The van der Waals surface area contributed by atoms with Crippen LogP contribution in [0.1, 0.15) is 35.6 Å². The Balaban J connectivity index is 2.13. The van der Waals surface area contributed by atoms with Crippen LogP contribution in [-0.2, 0) is 0 Å². The smallest absolute Gasteiger partial charge is 0.265 e. The third-order valence-electron chi connectivity index (χ3n) is 3.10. The van der Waals surface area contributed by atoms with Crippen LogP contribution in [0.15, 0.2) is 5.51 Å². The van der Waals surface area contributed by atoms with Gasteiger partial charge in [-0.2, -0.15) is 0 Å². The van der Waals surface area contributed by atoms with E-state index in [1.165, 1.54) is 17.8 Å². The molecule has 0 N–H and O–H groups in total. The monoisotopic (exact) mass is 238 g/mol. The van der Waals surface area contributed by atoms with Gasteiger partial charge >= 0.3 is 0 Å². The number of rotatable bonds is 1. The van der Waals surface area contributed by atoms with E-state index in [-0.39, 0.29) is 5.91 Å². The van der Waals surface area contributed by atoms with Crippen LogP contribution < -0.4 is 0 Å². The molecular weight excluding hydrogens is 220 g/mol. The van der Waals surface area contributed by atoms with E-state index in [9.17, 15) is 4.79 Å². The molecule has 2 atom stereocenters. The van der Waals surface area contributed by atoms with Gasteiger partial charge in [-0.25, -0.2) is 4.98 Å². The highest BCUT2D eigenvalue weighted by molar-refractivity contribution is 7.11. The SMILES string of the molecule is Cc1ncsc1C(=O)N1C[C@@H](C)C[C@H](C)C1. The molecule has 1 aromatic heterocycles. The number of likely N-dealkylation sites (tertiary alicyclic amines) is 1. The molecule has 0 unspecified atom stereocenters. The Bertz CT molecular complexity index is 378. The molecule has 1 amide bonds. The Morgan fingerprint density at radius 1 is 1.44 bits per heavy atom. The van der Waals surface area contributed by atoms with Gasteiger partial charge in [0.1, 0.15) is 4.88 Å². The van der Waals surface area contributed by atoms with E-state index in [1.807, 2.05) is 11.8 Å². The van der Waals surface area contributed by atoms with Crippen molar-refractivity contribution in [3.05, 3.63) is 16.1 Å². The van der Waals surface area contributed by atoms with Crippen molar-refractivity contribution in [3.63, 3.8) is 0 Å². The summed E-state index contributed by atoms with van der Waals surface area (Å²) in [5.41, 5.74) is 2.61. The van der Waals surface area contributed by atoms with Gasteiger partial charge in [0.2, 0.25) is 0 Å². The Hall–Kier alpha value is -0.900. The molecular formula is C12H18N2OS. The van der Waals surface area contributed by atoms with Crippen LogP contribution in [0.4, 0.5) is 0 Å². The minimum absolute atomic E-state index is 0.165. The molecule has 1 aliphatic rings. The first-order chi connectivity index (χ1) is 7.58. The molecule has 0 spiro atoms. The fourth-order valence-corrected chi connectivity index (χ4v) is 3.25. The highest BCUT2D eigenvalue weighted by Crippen LogP contribution is 2.24. The molecule has 0 aromatic carbocycles. The highest BCUT2D eigenvalue weighted by atomic mass is 32.1. The lowest BCUT2D eigenvalue weighted by Crippen LogP contribution is -2.42. The predicted octanol–water partition coefficient (Wildman–Crippen LogP) is 2.57. The van der Waals surface area contributed by atoms with Crippen LogP contribution in [0, 0.1) is 18.8 Å². The van der Waals surface area contributed by atoms with Crippen LogP contribution >= 0.6 is 11.3 Å². The van der Waals surface area contributed by atoms with E-state index in [0.29, 0.717) is 11.8 Å². The second-order valence-electron chi connectivity index (χ2n) is 4.92. The first-order valence-corrected chi connectivity index (χ1v) is 6.65. The number of piperidine rings is 1. The molecule has 0 radical (unpaired) electrons. The molecule has 0 bridgehead atoms. The Kier molecular flexibility index (Phi) is 3.28. The molecule has 2 heterocycles. The second kappa shape index (κ2) is 4.53. The third-order valence-corrected chi connectivity index (χ3v) is 4.01. The van der Waals surface area contributed by atoms with Crippen LogP contribution in [0.25, 0.3) is 0 Å². The number of aryl methyl sites for hydroxylation is 1. The van der Waals surface area contributed by atoms with Gasteiger partial charge in [-0.05, 0) is 25.2 Å². The van der Waals surface area contributed by atoms with Gasteiger partial charge in [-0.3, -0.25) is 4.79 Å². The number of aromatic nitrogens is 1. The van der Waals surface area contributed by atoms with Gasteiger partial charge in [-0.15, -0.1) is 11.3 Å². The lowest BCUT2D eigenvalue weighted by Gasteiger charge is -2.34. The fraction of sp³-hybridized carbons (Fsp3) is 0.667. The van der Waals surface area contributed by atoms with E-state index < -0.39 is 0 Å². The number of nitrogens with zero attached hydrogens (tertiary/aromatic N) is 2. The van der Waals surface area contributed by atoms with Gasteiger partial charge in [0.25, 0.3) is 5.91 Å². The maximum Gasteiger partial charge on any atom is 0.265 e. The van der Waals surface area contributed by atoms with Crippen molar-refractivity contribution in [1.29, 1.82) is 0 Å². The number of thiazole rings is 1. The summed E-state index contributed by atoms with van der Waals surface area (Å²) < 4.78 is 0. The molecule has 3 nitrogen and oxygen atoms in total. The molecule has 0 aliphatic carbocycles. The van der Waals surface area contributed by atoms with Gasteiger partial charge in [0, 0.05) is 13.1 Å². The van der Waals surface area contributed by atoms with Crippen molar-refractivity contribution in [2.75, 3.05) is 13.1 Å². The Morgan fingerprint density at radius 3 is 2.56 bits per heavy atom. The fourth-order valence-electron chi connectivity index (χ4n) is 2.48. The lowest BCUT2D eigenvalue weighted by molar-refractivity contribution is 0.0627. The molecule has 1 saturated heterocycles. The van der Waals surface area contributed by atoms with Crippen LogP contribution in [-0.4, -0.2) is 28.9 Å². The van der Waals surface area contributed by atoms with Crippen molar-refractivity contribution < 1.29 is 4.79 Å². The number of hydrogen-bond donors (Lipinski definition) is 0. The summed E-state index contributed by atoms with van der Waals surface area (Å²) >= 11 is 1.45. The molecule has 1 aliphatic heterocycles. The third kappa shape index (κ3) is 2.26. The molecule has 0 saturated carbocycles. The summed E-state index contributed by atoms with van der Waals surface area (Å²) in [6.45, 7) is 8.12. The molecule has 88 valence electrons. The zero-order valence-corrected chi connectivity index (χ0v) is 10.9. The summed E-state index contributed by atoms with van der Waals surface area (Å²) in [5, 5.41) is 0. The standard InChI is InChI=1S/C12H18N2OS/c1-8-4-9(2)6-14(5-8)12(15)11-10(3)13-7-16-11/h7-9H,4-6H2,1-3H3/t8-,9-/m0/s1. The predicted molar refractivity (Wildman–Crippen MR) is 65.7 cm³/mol. The zero-order chi connectivity index (χ0) is 11.7. The van der Waals surface area contributed by atoms with E-state index >= 15 is 0 Å². The summed E-state index contributed by atoms with van der Waals surface area (Å²) in [6, 6.07) is 0. The summed E-state index contributed by atoms with van der Waals surface area (Å²) in [4.78, 5) is 19.2. The van der Waals surface area contributed by atoms with Gasteiger partial charge in [0.05, 0.1) is 11.2 Å². The highest BCUT2D eigenvalue weighted by Gasteiger charge is 2.27. The summed E-state index contributed by atoms with van der Waals surface area (Å²) in [5.74, 6) is 1.39. The minimum atomic E-state index is 0.165. The maximum absolute atomic E-state index is 12.3. The molecule has 1 fully saturated rings. The Labute approximate surface area is 100 Å². The molecule has 2 rings (SSSR count). The molecule has 16 heavy (non-hydrogen) atoms. The van der Waals surface area contributed by atoms with Crippen LogP contribution in [0.3, 0.4) is 0 Å². The number of hydrogen-bond acceptors (Lipinski definition) is 3. The Morgan fingerprint density at radius 2 is 2.06 bits per heavy atom. The van der Waals surface area contributed by atoms with Crippen molar-refractivity contribution in [3.8, 4) is 0 Å². The number of carbonyl (C=O) groups excluding carboxylic acids is 1. The van der Waals surface area contributed by atoms with Gasteiger partial charge in [0.15, 0.2) is 0 Å². The second-order valence-corrected chi connectivity index (χ2v) is 5.78.